The van der Waals surface area contributed by atoms with Gasteiger partial charge in [-0.2, -0.15) is 4.68 Å². The van der Waals surface area contributed by atoms with E-state index in [1.807, 2.05) is 0 Å². The Morgan fingerprint density at radius 1 is 1.35 bits per heavy atom. The maximum atomic E-state index is 11.5. The molecule has 0 aliphatic carbocycles. The van der Waals surface area contributed by atoms with Crippen LogP contribution >= 0.6 is 0 Å². The quantitative estimate of drug-likeness (QED) is 0.853. The molecule has 0 atom stereocenters. The average molecular weight is 253 g/mol. The number of benzene rings is 1. The zero-order chi connectivity index (χ0) is 12.3. The first kappa shape index (κ1) is 11.5. The van der Waals surface area contributed by atoms with E-state index in [0.717, 1.165) is 0 Å². The van der Waals surface area contributed by atoms with E-state index in [1.54, 1.807) is 31.2 Å². The molecular weight excluding hydrogens is 242 g/mol. The number of hydrogen-bond donors (Lipinski definition) is 1. The highest BCUT2D eigenvalue weighted by Gasteiger charge is 2.11. The van der Waals surface area contributed by atoms with E-state index in [0.29, 0.717) is 11.4 Å². The largest absolute Gasteiger partial charge is 0.281 e. The fourth-order valence-corrected chi connectivity index (χ4v) is 1.92. The summed E-state index contributed by atoms with van der Waals surface area (Å²) >= 11 is 0. The Morgan fingerprint density at radius 2 is 2.12 bits per heavy atom. The molecule has 2 aromatic rings. The number of para-hydroxylation sites is 2. The van der Waals surface area contributed by atoms with Crippen LogP contribution in [0.3, 0.4) is 0 Å². The molecule has 0 spiro atoms. The Bertz CT molecular complexity index is 594. The lowest BCUT2D eigenvalue weighted by Crippen LogP contribution is -2.16. The topological polar surface area (TPSA) is 89.8 Å². The minimum Gasteiger partial charge on any atom is -0.281 e. The van der Waals surface area contributed by atoms with Crippen molar-refractivity contribution in [1.29, 1.82) is 0 Å². The van der Waals surface area contributed by atoms with Crippen LogP contribution in [0, 0.1) is 0 Å². The number of nitrogens with zero attached hydrogens (tertiary/aromatic N) is 4. The highest BCUT2D eigenvalue weighted by atomic mass is 32.2. The summed E-state index contributed by atoms with van der Waals surface area (Å²) in [6.45, 7) is 1.57. The summed E-state index contributed by atoms with van der Waals surface area (Å²) in [6, 6.07) is 6.90. The fraction of sp³-hybridized carbons (Fsp3) is 0.222. The SMILES string of the molecule is CCS(=O)(=O)Nc1ccccc1-n1cnnn1. The molecule has 0 saturated carbocycles. The smallest absolute Gasteiger partial charge is 0.232 e. The van der Waals surface area contributed by atoms with Crippen LogP contribution in [0.2, 0.25) is 0 Å². The van der Waals surface area contributed by atoms with Crippen molar-refractivity contribution in [3.63, 3.8) is 0 Å². The Hall–Kier alpha value is -1.96. The fourth-order valence-electron chi connectivity index (χ4n) is 1.27. The zero-order valence-corrected chi connectivity index (χ0v) is 9.92. The van der Waals surface area contributed by atoms with Gasteiger partial charge in [-0.15, -0.1) is 5.10 Å². The zero-order valence-electron chi connectivity index (χ0n) is 9.11. The van der Waals surface area contributed by atoms with Crippen LogP contribution in [0.25, 0.3) is 5.69 Å². The molecule has 0 fully saturated rings. The molecule has 0 aliphatic heterocycles. The van der Waals surface area contributed by atoms with Gasteiger partial charge in [-0.1, -0.05) is 12.1 Å². The predicted octanol–water partition coefficient (Wildman–Crippen LogP) is 0.424. The van der Waals surface area contributed by atoms with Crippen molar-refractivity contribution < 1.29 is 8.42 Å². The number of hydrogen-bond acceptors (Lipinski definition) is 5. The van der Waals surface area contributed by atoms with Crippen molar-refractivity contribution in [2.45, 2.75) is 6.92 Å². The first-order valence-corrected chi connectivity index (χ1v) is 6.60. The van der Waals surface area contributed by atoms with Gasteiger partial charge in [0, 0.05) is 0 Å². The summed E-state index contributed by atoms with van der Waals surface area (Å²) in [5.74, 6) is 0.0109. The molecule has 0 radical (unpaired) electrons. The van der Waals surface area contributed by atoms with E-state index in [-0.39, 0.29) is 5.75 Å². The minimum atomic E-state index is -3.32. The molecular formula is C9H11N5O2S. The summed E-state index contributed by atoms with van der Waals surface area (Å²) in [4.78, 5) is 0. The highest BCUT2D eigenvalue weighted by molar-refractivity contribution is 7.92. The Labute approximate surface area is 98.5 Å². The average Bonchev–Trinajstić information content (AvgIpc) is 2.83. The van der Waals surface area contributed by atoms with Gasteiger partial charge in [-0.25, -0.2) is 8.42 Å². The number of nitrogens with one attached hydrogen (secondary N) is 1. The highest BCUT2D eigenvalue weighted by Crippen LogP contribution is 2.19. The predicted molar refractivity (Wildman–Crippen MR) is 62.2 cm³/mol. The number of sulfonamides is 1. The van der Waals surface area contributed by atoms with Crippen molar-refractivity contribution >= 4 is 15.7 Å². The van der Waals surface area contributed by atoms with Gasteiger partial charge in [0.25, 0.3) is 0 Å². The monoisotopic (exact) mass is 253 g/mol. The van der Waals surface area contributed by atoms with Crippen LogP contribution in [-0.2, 0) is 10.0 Å². The summed E-state index contributed by atoms with van der Waals surface area (Å²) in [6.07, 6.45) is 1.40. The molecule has 0 saturated heterocycles. The molecule has 7 nitrogen and oxygen atoms in total. The summed E-state index contributed by atoms with van der Waals surface area (Å²) < 4.78 is 26.9. The summed E-state index contributed by atoms with van der Waals surface area (Å²) in [5.41, 5.74) is 1.02. The molecule has 1 N–H and O–H groups in total. The van der Waals surface area contributed by atoms with Gasteiger partial charge in [0.15, 0.2) is 0 Å². The van der Waals surface area contributed by atoms with E-state index < -0.39 is 10.0 Å². The van der Waals surface area contributed by atoms with Crippen molar-refractivity contribution in [2.75, 3.05) is 10.5 Å². The number of rotatable bonds is 4. The second kappa shape index (κ2) is 4.50. The van der Waals surface area contributed by atoms with Gasteiger partial charge in [-0.3, -0.25) is 4.72 Å². The van der Waals surface area contributed by atoms with E-state index in [9.17, 15) is 8.42 Å². The molecule has 8 heteroatoms. The van der Waals surface area contributed by atoms with Gasteiger partial charge >= 0.3 is 0 Å². The van der Waals surface area contributed by atoms with Crippen LogP contribution in [0.1, 0.15) is 6.92 Å². The van der Waals surface area contributed by atoms with Gasteiger partial charge in [0.1, 0.15) is 6.33 Å². The van der Waals surface area contributed by atoms with Gasteiger partial charge in [-0.05, 0) is 29.5 Å². The molecule has 1 aromatic carbocycles. The second-order valence-electron chi connectivity index (χ2n) is 3.28. The number of aromatic nitrogens is 4. The molecule has 0 amide bonds. The normalized spacial score (nSPS) is 11.4. The third-order valence-corrected chi connectivity index (χ3v) is 3.44. The van der Waals surface area contributed by atoms with Crippen LogP contribution in [0.5, 0.6) is 0 Å². The van der Waals surface area contributed by atoms with Crippen LogP contribution in [-0.4, -0.2) is 34.4 Å². The second-order valence-corrected chi connectivity index (χ2v) is 5.29. The van der Waals surface area contributed by atoms with E-state index in [2.05, 4.69) is 20.2 Å². The van der Waals surface area contributed by atoms with E-state index in [4.69, 9.17) is 0 Å². The van der Waals surface area contributed by atoms with Gasteiger partial charge in [0.2, 0.25) is 10.0 Å². The Morgan fingerprint density at radius 3 is 2.76 bits per heavy atom. The first-order valence-electron chi connectivity index (χ1n) is 4.95. The lowest BCUT2D eigenvalue weighted by Gasteiger charge is -2.10. The van der Waals surface area contributed by atoms with E-state index >= 15 is 0 Å². The number of anilines is 1. The molecule has 2 rings (SSSR count). The molecule has 0 bridgehead atoms. The Kier molecular flexibility index (Phi) is 3.05. The van der Waals surface area contributed by atoms with Gasteiger partial charge < -0.3 is 0 Å². The lowest BCUT2D eigenvalue weighted by molar-refractivity contribution is 0.602. The van der Waals surface area contributed by atoms with Crippen molar-refractivity contribution in [3.8, 4) is 5.69 Å². The molecule has 0 unspecified atom stereocenters. The summed E-state index contributed by atoms with van der Waals surface area (Å²) in [5, 5.41) is 10.7. The molecule has 1 aromatic heterocycles. The summed E-state index contributed by atoms with van der Waals surface area (Å²) in [7, 11) is -3.32. The van der Waals surface area contributed by atoms with Crippen LogP contribution < -0.4 is 4.72 Å². The maximum Gasteiger partial charge on any atom is 0.232 e. The van der Waals surface area contributed by atoms with Crippen LogP contribution in [0.4, 0.5) is 5.69 Å². The first-order chi connectivity index (χ1) is 8.12. The molecule has 90 valence electrons. The van der Waals surface area contributed by atoms with Gasteiger partial charge in [0.05, 0.1) is 17.1 Å². The third kappa shape index (κ3) is 2.59. The standard InChI is InChI=1S/C9H11N5O2S/c1-2-17(15,16)11-8-5-3-4-6-9(8)14-7-10-12-13-14/h3-7,11H,2H2,1H3. The molecule has 17 heavy (non-hydrogen) atoms. The molecule has 1 heterocycles. The lowest BCUT2D eigenvalue weighted by atomic mass is 10.3. The Balaban J connectivity index is 2.42. The van der Waals surface area contributed by atoms with Crippen molar-refractivity contribution in [1.82, 2.24) is 20.2 Å². The van der Waals surface area contributed by atoms with E-state index in [1.165, 1.54) is 11.0 Å². The molecule has 0 aliphatic rings. The maximum absolute atomic E-state index is 11.5. The van der Waals surface area contributed by atoms with Crippen molar-refractivity contribution in [3.05, 3.63) is 30.6 Å². The minimum absolute atomic E-state index is 0.0109. The third-order valence-electron chi connectivity index (χ3n) is 2.15. The van der Waals surface area contributed by atoms with Crippen molar-refractivity contribution in [2.24, 2.45) is 0 Å². The van der Waals surface area contributed by atoms with Crippen LogP contribution in [0.15, 0.2) is 30.6 Å². The number of tetrazole rings is 1.